The molecule has 5 nitrogen and oxygen atoms in total. The van der Waals surface area contributed by atoms with E-state index in [1.165, 1.54) is 5.56 Å². The molecule has 1 aromatic heterocycles. The zero-order chi connectivity index (χ0) is 19.0. The molecule has 1 fully saturated rings. The van der Waals surface area contributed by atoms with Gasteiger partial charge in [-0.3, -0.25) is 9.47 Å². The fourth-order valence-electron chi connectivity index (χ4n) is 4.27. The van der Waals surface area contributed by atoms with Crippen molar-refractivity contribution in [3.63, 3.8) is 0 Å². The summed E-state index contributed by atoms with van der Waals surface area (Å²) in [6, 6.07) is 6.04. The highest BCUT2D eigenvalue weighted by Crippen LogP contribution is 2.36. The number of rotatable bonds is 4. The molecule has 27 heavy (non-hydrogen) atoms. The van der Waals surface area contributed by atoms with Crippen molar-refractivity contribution in [1.82, 2.24) is 19.7 Å². The fourth-order valence-corrected chi connectivity index (χ4v) is 4.46. The molecule has 4 rings (SSSR count). The Morgan fingerprint density at radius 1 is 1.22 bits per heavy atom. The monoisotopic (exact) mass is 392 g/mol. The van der Waals surface area contributed by atoms with Crippen LogP contribution in [0.25, 0.3) is 5.69 Å². The molecule has 2 heterocycles. The van der Waals surface area contributed by atoms with Gasteiger partial charge in [0.1, 0.15) is 12.5 Å². The van der Waals surface area contributed by atoms with Crippen molar-refractivity contribution in [1.29, 1.82) is 0 Å². The third-order valence-electron chi connectivity index (χ3n) is 5.57. The van der Waals surface area contributed by atoms with Gasteiger partial charge in [0.05, 0.1) is 24.4 Å². The molecule has 0 radical (unpaired) electrons. The van der Waals surface area contributed by atoms with E-state index in [0.717, 1.165) is 61.1 Å². The molecule has 7 heteroatoms. The van der Waals surface area contributed by atoms with Crippen LogP contribution in [0, 0.1) is 0 Å². The molecule has 1 saturated carbocycles. The lowest BCUT2D eigenvalue weighted by atomic mass is 9.86. The first-order chi connectivity index (χ1) is 13.0. The van der Waals surface area contributed by atoms with Crippen molar-refractivity contribution in [2.24, 2.45) is 0 Å². The number of nitrogens with zero attached hydrogens (tertiary/aromatic N) is 4. The number of halogens is 2. The Morgan fingerprint density at radius 3 is 2.74 bits per heavy atom. The van der Waals surface area contributed by atoms with Crippen molar-refractivity contribution in [2.75, 3.05) is 13.7 Å². The van der Waals surface area contributed by atoms with Gasteiger partial charge in [0.25, 0.3) is 0 Å². The van der Waals surface area contributed by atoms with Gasteiger partial charge in [-0.2, -0.15) is 0 Å². The molecule has 1 atom stereocenters. The van der Waals surface area contributed by atoms with E-state index in [-0.39, 0.29) is 12.2 Å². The van der Waals surface area contributed by atoms with E-state index in [9.17, 15) is 4.39 Å². The molecule has 0 bridgehead atoms. The predicted octanol–water partition coefficient (Wildman–Crippen LogP) is 4.27. The van der Waals surface area contributed by atoms with Gasteiger partial charge in [0.2, 0.25) is 0 Å². The van der Waals surface area contributed by atoms with Gasteiger partial charge in [0.15, 0.2) is 5.82 Å². The molecule has 146 valence electrons. The van der Waals surface area contributed by atoms with Crippen LogP contribution in [0.1, 0.15) is 55.7 Å². The molecule has 1 unspecified atom stereocenters. The van der Waals surface area contributed by atoms with Crippen LogP contribution >= 0.6 is 11.6 Å². The smallest absolute Gasteiger partial charge is 0.151 e. The standard InChI is InChI=1S/C20H26ClFN4O/c1-13(10-22)27-17-6-3-14(4-7-17)20-24-23-19-12-25(2)11-15-9-16(21)5-8-18(15)26(19)20/h5,8-9,13-14,17H,3-4,6-7,10-12H2,1-2H3/t13?,14-,17-. The van der Waals surface area contributed by atoms with E-state index in [4.69, 9.17) is 16.3 Å². The van der Waals surface area contributed by atoms with Crippen LogP contribution in [-0.4, -0.2) is 45.6 Å². The van der Waals surface area contributed by atoms with E-state index in [1.807, 2.05) is 12.1 Å². The highest BCUT2D eigenvalue weighted by atomic mass is 35.5. The topological polar surface area (TPSA) is 43.2 Å². The number of ether oxygens (including phenoxy) is 1. The minimum absolute atomic E-state index is 0.149. The highest BCUT2D eigenvalue weighted by Gasteiger charge is 2.30. The Labute approximate surface area is 164 Å². The van der Waals surface area contributed by atoms with E-state index >= 15 is 0 Å². The maximum absolute atomic E-state index is 12.7. The summed E-state index contributed by atoms with van der Waals surface area (Å²) in [4.78, 5) is 2.23. The summed E-state index contributed by atoms with van der Waals surface area (Å²) in [5.41, 5.74) is 2.32. The van der Waals surface area contributed by atoms with Gasteiger partial charge in [0, 0.05) is 17.5 Å². The number of hydrogen-bond donors (Lipinski definition) is 0. The van der Waals surface area contributed by atoms with Crippen LogP contribution in [0.2, 0.25) is 5.02 Å². The van der Waals surface area contributed by atoms with Crippen LogP contribution in [0.3, 0.4) is 0 Å². The number of aromatic nitrogens is 3. The van der Waals surface area contributed by atoms with Crippen molar-refractivity contribution in [2.45, 2.75) is 63.8 Å². The lowest BCUT2D eigenvalue weighted by molar-refractivity contribution is -0.0331. The highest BCUT2D eigenvalue weighted by molar-refractivity contribution is 6.30. The third kappa shape index (κ3) is 3.89. The number of benzene rings is 1. The SMILES string of the molecule is CC(CF)O[C@H]1CC[C@H](c2nnc3n2-c2ccc(Cl)cc2CN(C)C3)CC1. The molecule has 1 aliphatic carbocycles. The number of alkyl halides is 1. The maximum Gasteiger partial charge on any atom is 0.151 e. The second-order valence-electron chi connectivity index (χ2n) is 7.83. The quantitative estimate of drug-likeness (QED) is 0.779. The lowest BCUT2D eigenvalue weighted by Gasteiger charge is -2.29. The zero-order valence-corrected chi connectivity index (χ0v) is 16.6. The Kier molecular flexibility index (Phi) is 5.48. The Bertz CT molecular complexity index is 803. The van der Waals surface area contributed by atoms with Crippen molar-refractivity contribution < 1.29 is 9.13 Å². The summed E-state index contributed by atoms with van der Waals surface area (Å²) < 4.78 is 20.7. The van der Waals surface area contributed by atoms with Gasteiger partial charge in [-0.15, -0.1) is 10.2 Å². The summed E-state index contributed by atoms with van der Waals surface area (Å²) in [5.74, 6) is 2.34. The van der Waals surface area contributed by atoms with E-state index in [0.29, 0.717) is 5.92 Å². The van der Waals surface area contributed by atoms with Gasteiger partial charge < -0.3 is 4.74 Å². The molecular weight excluding hydrogens is 367 g/mol. The second-order valence-corrected chi connectivity index (χ2v) is 8.27. The summed E-state index contributed by atoms with van der Waals surface area (Å²) in [5, 5.41) is 9.83. The minimum atomic E-state index is -0.426. The Balaban J connectivity index is 1.60. The third-order valence-corrected chi connectivity index (χ3v) is 5.81. The summed E-state index contributed by atoms with van der Waals surface area (Å²) >= 11 is 6.24. The van der Waals surface area contributed by atoms with Crippen LogP contribution in [0.4, 0.5) is 4.39 Å². The van der Waals surface area contributed by atoms with Crippen LogP contribution in [0.15, 0.2) is 18.2 Å². The van der Waals surface area contributed by atoms with Gasteiger partial charge in [-0.25, -0.2) is 4.39 Å². The van der Waals surface area contributed by atoms with Crippen LogP contribution in [-0.2, 0) is 17.8 Å². The van der Waals surface area contributed by atoms with Gasteiger partial charge >= 0.3 is 0 Å². The molecule has 0 amide bonds. The largest absolute Gasteiger partial charge is 0.373 e. The van der Waals surface area contributed by atoms with E-state index in [1.54, 1.807) is 6.92 Å². The predicted molar refractivity (Wildman–Crippen MR) is 103 cm³/mol. The summed E-state index contributed by atoms with van der Waals surface area (Å²) in [6.45, 7) is 2.96. The van der Waals surface area contributed by atoms with E-state index in [2.05, 4.69) is 32.8 Å². The Hall–Kier alpha value is -1.50. The molecule has 0 N–H and O–H groups in total. The van der Waals surface area contributed by atoms with E-state index < -0.39 is 6.67 Å². The zero-order valence-electron chi connectivity index (χ0n) is 15.9. The van der Waals surface area contributed by atoms with Gasteiger partial charge in [-0.05, 0) is 63.4 Å². The number of fused-ring (bicyclic) bond motifs is 3. The van der Waals surface area contributed by atoms with Crippen molar-refractivity contribution in [3.05, 3.63) is 40.4 Å². The molecule has 0 saturated heterocycles. The first kappa shape index (κ1) is 18.8. The second kappa shape index (κ2) is 7.86. The average Bonchev–Trinajstić information content (AvgIpc) is 2.99. The van der Waals surface area contributed by atoms with Crippen LogP contribution < -0.4 is 0 Å². The maximum atomic E-state index is 12.7. The molecule has 2 aliphatic rings. The summed E-state index contributed by atoms with van der Waals surface area (Å²) in [6.07, 6.45) is 3.68. The molecule has 2 aromatic rings. The molecule has 1 aromatic carbocycles. The fraction of sp³-hybridized carbons (Fsp3) is 0.600. The molecule has 0 spiro atoms. The van der Waals surface area contributed by atoms with Crippen LogP contribution in [0.5, 0.6) is 0 Å². The lowest BCUT2D eigenvalue weighted by Crippen LogP contribution is -2.26. The van der Waals surface area contributed by atoms with Crippen molar-refractivity contribution in [3.8, 4) is 5.69 Å². The first-order valence-corrected chi connectivity index (χ1v) is 10.1. The first-order valence-electron chi connectivity index (χ1n) is 9.68. The summed E-state index contributed by atoms with van der Waals surface area (Å²) in [7, 11) is 2.09. The van der Waals surface area contributed by atoms with Gasteiger partial charge in [-0.1, -0.05) is 11.6 Å². The minimum Gasteiger partial charge on any atom is -0.373 e. The molecular formula is C20H26ClFN4O. The normalized spacial score (nSPS) is 24.1. The Morgan fingerprint density at radius 2 is 2.00 bits per heavy atom. The van der Waals surface area contributed by atoms with Crippen molar-refractivity contribution >= 4 is 11.6 Å². The number of hydrogen-bond acceptors (Lipinski definition) is 4. The average molecular weight is 393 g/mol. The molecule has 1 aliphatic heterocycles.